The van der Waals surface area contributed by atoms with E-state index in [1.54, 1.807) is 6.07 Å². The molecule has 0 saturated carbocycles. The first-order valence-corrected chi connectivity index (χ1v) is 7.93. The summed E-state index contributed by atoms with van der Waals surface area (Å²) in [6.45, 7) is 3.88. The van der Waals surface area contributed by atoms with Crippen molar-refractivity contribution in [2.75, 3.05) is 0 Å². The Labute approximate surface area is 140 Å². The zero-order valence-corrected chi connectivity index (χ0v) is 13.6. The van der Waals surface area contributed by atoms with Gasteiger partial charge in [0.15, 0.2) is 0 Å². The molecular weight excluding hydrogens is 296 g/mol. The van der Waals surface area contributed by atoms with E-state index < -0.39 is 0 Å². The molecule has 0 aromatic heterocycles. The molecule has 0 spiro atoms. The average Bonchev–Trinajstić information content (AvgIpc) is 2.57. The number of benzene rings is 4. The summed E-state index contributed by atoms with van der Waals surface area (Å²) in [7, 11) is 0. The zero-order chi connectivity index (χ0) is 16.8. The van der Waals surface area contributed by atoms with Gasteiger partial charge in [0.25, 0.3) is 0 Å². The van der Waals surface area contributed by atoms with Crippen molar-refractivity contribution in [3.8, 4) is 22.6 Å². The zero-order valence-electron chi connectivity index (χ0n) is 13.6. The Kier molecular flexibility index (Phi) is 3.20. The first-order chi connectivity index (χ1) is 11.6. The van der Waals surface area contributed by atoms with Gasteiger partial charge in [-0.25, -0.2) is 0 Å². The number of aromatic hydroxyl groups is 2. The lowest BCUT2D eigenvalue weighted by Gasteiger charge is -2.17. The first kappa shape index (κ1) is 14.6. The van der Waals surface area contributed by atoms with Crippen LogP contribution in [0, 0.1) is 19.9 Å². The second kappa shape index (κ2) is 5.27. The van der Waals surface area contributed by atoms with E-state index in [-0.39, 0.29) is 11.5 Å². The second-order valence-corrected chi connectivity index (χ2v) is 6.15. The predicted octanol–water partition coefficient (Wildman–Crippen LogP) is 5.49. The third-order valence-electron chi connectivity index (χ3n) is 4.52. The Morgan fingerprint density at radius 1 is 0.708 bits per heavy atom. The van der Waals surface area contributed by atoms with E-state index in [2.05, 4.69) is 6.07 Å². The van der Waals surface area contributed by atoms with Gasteiger partial charge in [0, 0.05) is 21.9 Å². The van der Waals surface area contributed by atoms with Crippen LogP contribution in [-0.4, -0.2) is 10.2 Å². The molecule has 4 aromatic rings. The number of hydrogen-bond donors (Lipinski definition) is 2. The van der Waals surface area contributed by atoms with E-state index in [4.69, 9.17) is 0 Å². The summed E-state index contributed by atoms with van der Waals surface area (Å²) < 4.78 is 0. The van der Waals surface area contributed by atoms with Crippen molar-refractivity contribution < 1.29 is 10.2 Å². The molecule has 0 aliphatic carbocycles. The molecule has 24 heavy (non-hydrogen) atoms. The minimum Gasteiger partial charge on any atom is -0.507 e. The molecule has 4 aromatic carbocycles. The van der Waals surface area contributed by atoms with Crippen molar-refractivity contribution >= 4 is 21.5 Å². The minimum absolute atomic E-state index is 0.241. The third-order valence-corrected chi connectivity index (χ3v) is 4.52. The summed E-state index contributed by atoms with van der Waals surface area (Å²) in [6.07, 6.45) is 0. The van der Waals surface area contributed by atoms with Crippen LogP contribution in [-0.2, 0) is 0 Å². The number of aryl methyl sites for hydroxylation is 2. The van der Waals surface area contributed by atoms with Crippen molar-refractivity contribution in [1.29, 1.82) is 0 Å². The predicted molar refractivity (Wildman–Crippen MR) is 98.5 cm³/mol. The summed E-state index contributed by atoms with van der Waals surface area (Å²) in [5.74, 6) is 0.517. The third kappa shape index (κ3) is 2.04. The van der Waals surface area contributed by atoms with Gasteiger partial charge in [-0.3, -0.25) is 0 Å². The molecule has 1 radical (unpaired) electrons. The average molecular weight is 313 g/mol. The monoisotopic (exact) mass is 313 g/mol. The minimum atomic E-state index is 0.241. The number of rotatable bonds is 1. The Morgan fingerprint density at radius 2 is 1.21 bits per heavy atom. The van der Waals surface area contributed by atoms with Gasteiger partial charge in [0.05, 0.1) is 0 Å². The number of hydrogen-bond acceptors (Lipinski definition) is 2. The van der Waals surface area contributed by atoms with Crippen molar-refractivity contribution in [3.05, 3.63) is 71.8 Å². The Morgan fingerprint density at radius 3 is 1.71 bits per heavy atom. The largest absolute Gasteiger partial charge is 0.507 e. The molecule has 2 nitrogen and oxygen atoms in total. The molecule has 0 aliphatic heterocycles. The van der Waals surface area contributed by atoms with Crippen LogP contribution in [0.3, 0.4) is 0 Å². The lowest BCUT2D eigenvalue weighted by Crippen LogP contribution is -1.91. The molecule has 0 unspecified atom stereocenters. The van der Waals surface area contributed by atoms with Crippen LogP contribution in [0.25, 0.3) is 32.7 Å². The van der Waals surface area contributed by atoms with Gasteiger partial charge >= 0.3 is 0 Å². The van der Waals surface area contributed by atoms with Gasteiger partial charge in [-0.1, -0.05) is 48.5 Å². The van der Waals surface area contributed by atoms with E-state index in [1.165, 1.54) is 0 Å². The van der Waals surface area contributed by atoms with E-state index in [0.717, 1.165) is 43.8 Å². The number of fused-ring (bicyclic) bond motifs is 2. The van der Waals surface area contributed by atoms with Crippen molar-refractivity contribution in [2.45, 2.75) is 13.8 Å². The Bertz CT molecular complexity index is 1010. The maximum atomic E-state index is 10.7. The Hall–Kier alpha value is -3.00. The van der Waals surface area contributed by atoms with E-state index in [1.807, 2.05) is 62.4 Å². The van der Waals surface area contributed by atoms with Gasteiger partial charge in [0.1, 0.15) is 11.5 Å². The van der Waals surface area contributed by atoms with Gasteiger partial charge < -0.3 is 10.2 Å². The maximum absolute atomic E-state index is 10.7. The highest BCUT2D eigenvalue weighted by Gasteiger charge is 2.18. The van der Waals surface area contributed by atoms with Crippen LogP contribution in [0.2, 0.25) is 0 Å². The summed E-state index contributed by atoms with van der Waals surface area (Å²) >= 11 is 0. The molecule has 0 heterocycles. The van der Waals surface area contributed by atoms with E-state index in [0.29, 0.717) is 0 Å². The number of phenolic OH excluding ortho intramolecular Hbond substituents is 2. The normalized spacial score (nSPS) is 11.2. The molecule has 0 saturated heterocycles. The lowest BCUT2D eigenvalue weighted by atomic mass is 9.88. The van der Waals surface area contributed by atoms with E-state index in [9.17, 15) is 10.2 Å². The summed E-state index contributed by atoms with van der Waals surface area (Å²) in [5.41, 5.74) is 3.51. The Balaban J connectivity index is 2.28. The molecule has 2 heteroatoms. The van der Waals surface area contributed by atoms with Crippen molar-refractivity contribution in [2.24, 2.45) is 0 Å². The summed E-state index contributed by atoms with van der Waals surface area (Å²) in [4.78, 5) is 0. The van der Waals surface area contributed by atoms with Gasteiger partial charge in [-0.15, -0.1) is 0 Å². The fourth-order valence-corrected chi connectivity index (χ4v) is 3.55. The fourth-order valence-electron chi connectivity index (χ4n) is 3.55. The molecule has 117 valence electrons. The van der Waals surface area contributed by atoms with Gasteiger partial charge in [-0.05, 0) is 47.9 Å². The molecule has 0 atom stereocenters. The van der Waals surface area contributed by atoms with Gasteiger partial charge in [0.2, 0.25) is 0 Å². The summed E-state index contributed by atoms with van der Waals surface area (Å²) in [6, 6.07) is 20.5. The smallest absolute Gasteiger partial charge is 0.131 e. The molecule has 4 rings (SSSR count). The van der Waals surface area contributed by atoms with Crippen LogP contribution in [0.15, 0.2) is 54.6 Å². The second-order valence-electron chi connectivity index (χ2n) is 6.15. The molecule has 2 N–H and O–H groups in total. The fraction of sp³-hybridized carbons (Fsp3) is 0.0909. The topological polar surface area (TPSA) is 40.5 Å². The van der Waals surface area contributed by atoms with Crippen LogP contribution in [0.5, 0.6) is 11.5 Å². The lowest BCUT2D eigenvalue weighted by molar-refractivity contribution is 0.476. The van der Waals surface area contributed by atoms with Crippen molar-refractivity contribution in [1.82, 2.24) is 0 Å². The highest BCUT2D eigenvalue weighted by molar-refractivity contribution is 6.17. The maximum Gasteiger partial charge on any atom is 0.131 e. The molecule has 0 amide bonds. The van der Waals surface area contributed by atoms with Crippen LogP contribution < -0.4 is 0 Å². The molecular formula is C22H17O2. The van der Waals surface area contributed by atoms with Crippen molar-refractivity contribution in [3.63, 3.8) is 0 Å². The quantitative estimate of drug-likeness (QED) is 0.456. The summed E-state index contributed by atoms with van der Waals surface area (Å²) in [5, 5.41) is 24.7. The highest BCUT2D eigenvalue weighted by atomic mass is 16.3. The van der Waals surface area contributed by atoms with Crippen LogP contribution in [0.1, 0.15) is 11.1 Å². The SMILES string of the molecule is Cc1[c]c(C)c(-c2c3ccccc3c(O)c3ccccc23)c(O)c1. The standard InChI is InChI=1S/C22H17O2/c1-13-11-14(2)20(19(23)12-13)21-15-7-3-5-9-17(15)22(24)18-10-6-4-8-16(18)21/h3-10,12,23-24H,1-2H3. The van der Waals surface area contributed by atoms with Crippen LogP contribution in [0.4, 0.5) is 0 Å². The molecule has 0 bridgehead atoms. The van der Waals surface area contributed by atoms with E-state index >= 15 is 0 Å². The highest BCUT2D eigenvalue weighted by Crippen LogP contribution is 2.45. The molecule has 0 aliphatic rings. The van der Waals surface area contributed by atoms with Gasteiger partial charge in [-0.2, -0.15) is 0 Å². The van der Waals surface area contributed by atoms with Crippen LogP contribution >= 0.6 is 0 Å². The number of phenols is 2. The molecule has 0 fully saturated rings. The first-order valence-electron chi connectivity index (χ1n) is 7.93.